The molecular formula is C29H32N4O2S. The maximum Gasteiger partial charge on any atom is 0.264 e. The van der Waals surface area contributed by atoms with E-state index >= 15 is 0 Å². The van der Waals surface area contributed by atoms with Gasteiger partial charge in [0.2, 0.25) is 0 Å². The van der Waals surface area contributed by atoms with Gasteiger partial charge >= 0.3 is 0 Å². The minimum atomic E-state index is -0.0808. The number of hydrogen-bond acceptors (Lipinski definition) is 6. The van der Waals surface area contributed by atoms with Gasteiger partial charge in [0.05, 0.1) is 29.2 Å². The van der Waals surface area contributed by atoms with Crippen LogP contribution >= 0.6 is 11.3 Å². The monoisotopic (exact) mass is 500 g/mol. The molecule has 0 bridgehead atoms. The zero-order chi connectivity index (χ0) is 24.7. The molecule has 36 heavy (non-hydrogen) atoms. The molecule has 2 aromatic carbocycles. The first-order valence-electron chi connectivity index (χ1n) is 12.7. The number of ether oxygens (including phenoxy) is 1. The fourth-order valence-corrected chi connectivity index (χ4v) is 5.64. The van der Waals surface area contributed by atoms with E-state index in [1.807, 2.05) is 46.7 Å². The Morgan fingerprint density at radius 1 is 0.972 bits per heavy atom. The summed E-state index contributed by atoms with van der Waals surface area (Å²) < 4.78 is 6.52. The zero-order valence-corrected chi connectivity index (χ0v) is 21.3. The average Bonchev–Trinajstić information content (AvgIpc) is 3.67. The quantitative estimate of drug-likeness (QED) is 0.439. The van der Waals surface area contributed by atoms with Crippen LogP contribution in [0.4, 0.5) is 5.69 Å². The van der Waals surface area contributed by atoms with Gasteiger partial charge < -0.3 is 14.5 Å². The van der Waals surface area contributed by atoms with Crippen molar-refractivity contribution in [2.24, 2.45) is 0 Å². The van der Waals surface area contributed by atoms with Crippen LogP contribution in [0.25, 0.3) is 0 Å². The highest BCUT2D eigenvalue weighted by Crippen LogP contribution is 2.28. The number of anilines is 1. The lowest BCUT2D eigenvalue weighted by Gasteiger charge is -2.36. The van der Waals surface area contributed by atoms with Crippen molar-refractivity contribution in [3.05, 3.63) is 87.6 Å². The smallest absolute Gasteiger partial charge is 0.264 e. The number of benzene rings is 2. The Balaban J connectivity index is 1.27. The number of nitriles is 1. The molecule has 7 heteroatoms. The summed E-state index contributed by atoms with van der Waals surface area (Å²) in [5.41, 5.74) is 4.16. The van der Waals surface area contributed by atoms with Crippen molar-refractivity contribution >= 4 is 22.9 Å². The van der Waals surface area contributed by atoms with Gasteiger partial charge in [0.15, 0.2) is 0 Å². The Morgan fingerprint density at radius 2 is 1.75 bits per heavy atom. The van der Waals surface area contributed by atoms with Crippen LogP contribution in [0.5, 0.6) is 0 Å². The molecule has 186 valence electrons. The Bertz CT molecular complexity index is 1170. The van der Waals surface area contributed by atoms with E-state index in [1.165, 1.54) is 35.4 Å². The van der Waals surface area contributed by atoms with Gasteiger partial charge in [-0.1, -0.05) is 30.3 Å². The summed E-state index contributed by atoms with van der Waals surface area (Å²) >= 11 is 1.51. The van der Waals surface area contributed by atoms with E-state index in [0.29, 0.717) is 12.2 Å². The molecule has 0 N–H and O–H groups in total. The van der Waals surface area contributed by atoms with Crippen LogP contribution in [0.1, 0.15) is 45.3 Å². The van der Waals surface area contributed by atoms with E-state index in [-0.39, 0.29) is 12.0 Å². The minimum Gasteiger partial charge on any atom is -0.372 e. The number of amides is 1. The SMILES string of the molecule is N#Cc1ccc(COC(CN2CCN(C(=O)c3cccs3)CC2)c2cccc(N3CCCC3)c2)cc1. The summed E-state index contributed by atoms with van der Waals surface area (Å²) in [4.78, 5) is 20.4. The molecule has 1 atom stereocenters. The van der Waals surface area contributed by atoms with Crippen LogP contribution in [0.2, 0.25) is 0 Å². The molecule has 1 unspecified atom stereocenters. The van der Waals surface area contributed by atoms with Crippen LogP contribution in [-0.2, 0) is 11.3 Å². The van der Waals surface area contributed by atoms with Gasteiger partial charge in [-0.25, -0.2) is 0 Å². The van der Waals surface area contributed by atoms with E-state index in [2.05, 4.69) is 40.1 Å². The molecule has 2 fully saturated rings. The summed E-state index contributed by atoms with van der Waals surface area (Å²) in [6.45, 7) is 6.61. The largest absolute Gasteiger partial charge is 0.372 e. The Morgan fingerprint density at radius 3 is 2.44 bits per heavy atom. The first-order valence-corrected chi connectivity index (χ1v) is 13.6. The summed E-state index contributed by atoms with van der Waals surface area (Å²) in [5, 5.41) is 11.0. The molecule has 5 rings (SSSR count). The Hall–Kier alpha value is -3.18. The first-order chi connectivity index (χ1) is 17.7. The zero-order valence-electron chi connectivity index (χ0n) is 20.5. The van der Waals surface area contributed by atoms with Gasteiger partial charge in [-0.2, -0.15) is 5.26 Å². The molecule has 2 saturated heterocycles. The van der Waals surface area contributed by atoms with Gasteiger partial charge in [0.25, 0.3) is 5.91 Å². The van der Waals surface area contributed by atoms with Gasteiger partial charge in [0.1, 0.15) is 0 Å². The number of piperazine rings is 1. The van der Waals surface area contributed by atoms with Crippen LogP contribution in [0, 0.1) is 11.3 Å². The van der Waals surface area contributed by atoms with E-state index in [0.717, 1.165) is 56.3 Å². The van der Waals surface area contributed by atoms with Crippen molar-refractivity contribution in [3.63, 3.8) is 0 Å². The molecule has 0 saturated carbocycles. The molecule has 3 aromatic rings. The third-order valence-corrected chi connectivity index (χ3v) is 7.92. The summed E-state index contributed by atoms with van der Waals surface area (Å²) in [7, 11) is 0. The lowest BCUT2D eigenvalue weighted by Crippen LogP contribution is -2.49. The highest BCUT2D eigenvalue weighted by molar-refractivity contribution is 7.12. The van der Waals surface area contributed by atoms with Crippen LogP contribution in [-0.4, -0.2) is 61.5 Å². The lowest BCUT2D eigenvalue weighted by molar-refractivity contribution is 0.00349. The van der Waals surface area contributed by atoms with Gasteiger partial charge in [-0.05, 0) is 59.7 Å². The van der Waals surface area contributed by atoms with E-state index < -0.39 is 0 Å². The fraction of sp³-hybridized carbons (Fsp3) is 0.379. The second-order valence-corrected chi connectivity index (χ2v) is 10.4. The second-order valence-electron chi connectivity index (χ2n) is 9.47. The maximum atomic E-state index is 12.7. The third kappa shape index (κ3) is 5.96. The van der Waals surface area contributed by atoms with Crippen LogP contribution in [0.15, 0.2) is 66.0 Å². The molecule has 0 radical (unpaired) electrons. The normalized spacial score (nSPS) is 17.2. The van der Waals surface area contributed by atoms with Crippen molar-refractivity contribution in [1.29, 1.82) is 5.26 Å². The summed E-state index contributed by atoms with van der Waals surface area (Å²) in [6.07, 6.45) is 2.41. The Kier molecular flexibility index (Phi) is 7.97. The van der Waals surface area contributed by atoms with Gasteiger partial charge in [-0.3, -0.25) is 9.69 Å². The predicted molar refractivity (Wildman–Crippen MR) is 143 cm³/mol. The lowest BCUT2D eigenvalue weighted by atomic mass is 10.1. The summed E-state index contributed by atoms with van der Waals surface area (Å²) in [6, 6.07) is 22.4. The summed E-state index contributed by atoms with van der Waals surface area (Å²) in [5.74, 6) is 0.136. The van der Waals surface area contributed by atoms with E-state index in [4.69, 9.17) is 10.00 Å². The number of carbonyl (C=O) groups is 1. The standard InChI is InChI=1S/C29H32N4O2S/c30-20-23-8-10-24(11-9-23)22-35-27(25-5-3-6-26(19-25)32-12-1-2-13-32)21-31-14-16-33(17-15-31)29(34)28-7-4-18-36-28/h3-11,18-19,27H,1-2,12-17,21-22H2. The number of thiophene rings is 1. The number of rotatable bonds is 8. The minimum absolute atomic E-state index is 0.0808. The molecule has 1 aromatic heterocycles. The molecular weight excluding hydrogens is 468 g/mol. The highest BCUT2D eigenvalue weighted by Gasteiger charge is 2.26. The van der Waals surface area contributed by atoms with Crippen molar-refractivity contribution in [3.8, 4) is 6.07 Å². The molecule has 2 aliphatic rings. The fourth-order valence-electron chi connectivity index (χ4n) is 4.95. The van der Waals surface area contributed by atoms with Crippen molar-refractivity contribution < 1.29 is 9.53 Å². The van der Waals surface area contributed by atoms with E-state index in [1.54, 1.807) is 0 Å². The van der Waals surface area contributed by atoms with Crippen LogP contribution < -0.4 is 4.90 Å². The molecule has 2 aliphatic heterocycles. The highest BCUT2D eigenvalue weighted by atomic mass is 32.1. The molecule has 3 heterocycles. The predicted octanol–water partition coefficient (Wildman–Crippen LogP) is 4.94. The van der Waals surface area contributed by atoms with Gasteiger partial charge in [-0.15, -0.1) is 11.3 Å². The van der Waals surface area contributed by atoms with Crippen molar-refractivity contribution in [1.82, 2.24) is 9.80 Å². The molecule has 1 amide bonds. The van der Waals surface area contributed by atoms with Crippen molar-refractivity contribution in [2.45, 2.75) is 25.6 Å². The first kappa shape index (κ1) is 24.5. The third-order valence-electron chi connectivity index (χ3n) is 7.06. The number of hydrogen-bond donors (Lipinski definition) is 0. The van der Waals surface area contributed by atoms with Crippen molar-refractivity contribution in [2.75, 3.05) is 50.7 Å². The van der Waals surface area contributed by atoms with Crippen LogP contribution in [0.3, 0.4) is 0 Å². The average molecular weight is 501 g/mol. The number of nitrogens with zero attached hydrogens (tertiary/aromatic N) is 4. The topological polar surface area (TPSA) is 59.8 Å². The number of carbonyl (C=O) groups excluding carboxylic acids is 1. The maximum absolute atomic E-state index is 12.7. The molecule has 6 nitrogen and oxygen atoms in total. The van der Waals surface area contributed by atoms with E-state index in [9.17, 15) is 4.79 Å². The molecule has 0 aliphatic carbocycles. The Labute approximate surface area is 217 Å². The van der Waals surface area contributed by atoms with Gasteiger partial charge in [0, 0.05) is 51.5 Å². The second kappa shape index (κ2) is 11.7. The molecule has 0 spiro atoms.